The van der Waals surface area contributed by atoms with E-state index in [1.165, 1.54) is 12.3 Å². The van der Waals surface area contributed by atoms with Crippen LogP contribution in [-0.4, -0.2) is 39.4 Å². The number of carboxylic acid groups (broad SMARTS) is 2. The molecule has 0 radical (unpaired) electrons. The molecule has 0 unspecified atom stereocenters. The third kappa shape index (κ3) is 4.51. The number of aliphatic carboxylic acids is 2. The Bertz CT molecular complexity index is 430. The maximum atomic E-state index is 11.3. The van der Waals surface area contributed by atoms with Gasteiger partial charge in [0.2, 0.25) is 0 Å². The van der Waals surface area contributed by atoms with E-state index in [-0.39, 0.29) is 6.54 Å². The molecule has 2 amide bonds. The van der Waals surface area contributed by atoms with Crippen molar-refractivity contribution in [2.75, 3.05) is 0 Å². The molecule has 0 aliphatic rings. The molecule has 98 valence electrons. The average molecular weight is 257 g/mol. The first kappa shape index (κ1) is 13.5. The zero-order valence-electron chi connectivity index (χ0n) is 9.12. The van der Waals surface area contributed by atoms with Crippen LogP contribution in [0.15, 0.2) is 16.8 Å². The molecule has 1 atom stereocenters. The Kier molecular flexibility index (Phi) is 4.67. The first-order chi connectivity index (χ1) is 8.49. The fourth-order valence-corrected chi connectivity index (χ4v) is 1.08. The average Bonchev–Trinajstić information content (AvgIpc) is 2.77. The van der Waals surface area contributed by atoms with Gasteiger partial charge in [-0.3, -0.25) is 4.79 Å². The molecule has 1 aromatic heterocycles. The molecule has 1 rings (SSSR count). The predicted molar refractivity (Wildman–Crippen MR) is 55.6 cm³/mol. The van der Waals surface area contributed by atoms with Crippen molar-refractivity contribution in [3.63, 3.8) is 0 Å². The van der Waals surface area contributed by atoms with E-state index in [4.69, 9.17) is 14.7 Å². The molecule has 0 bridgehead atoms. The third-order valence-corrected chi connectivity index (χ3v) is 1.90. The van der Waals surface area contributed by atoms with Gasteiger partial charge in [-0.15, -0.1) is 0 Å². The number of hydrogen-bond acceptors (Lipinski definition) is 5. The van der Waals surface area contributed by atoms with Crippen molar-refractivity contribution < 1.29 is 29.1 Å². The highest BCUT2D eigenvalue weighted by molar-refractivity contribution is 5.86. The van der Waals surface area contributed by atoms with Gasteiger partial charge in [0.15, 0.2) is 5.76 Å². The molecule has 18 heavy (non-hydrogen) atoms. The highest BCUT2D eigenvalue weighted by Crippen LogP contribution is 1.96. The highest BCUT2D eigenvalue weighted by atomic mass is 16.5. The number of carboxylic acids is 2. The molecule has 0 fully saturated rings. The molecule has 0 aliphatic carbocycles. The normalized spacial score (nSPS) is 11.6. The lowest BCUT2D eigenvalue weighted by molar-refractivity contribution is -0.145. The lowest BCUT2D eigenvalue weighted by Gasteiger charge is -2.12. The number of rotatable bonds is 6. The number of carbonyl (C=O) groups excluding carboxylic acids is 1. The largest absolute Gasteiger partial charge is 0.481 e. The van der Waals surface area contributed by atoms with Crippen LogP contribution in [0.5, 0.6) is 0 Å². The van der Waals surface area contributed by atoms with Crippen molar-refractivity contribution in [2.45, 2.75) is 19.0 Å². The van der Waals surface area contributed by atoms with E-state index in [0.29, 0.717) is 5.76 Å². The van der Waals surface area contributed by atoms with E-state index in [1.807, 2.05) is 5.32 Å². The zero-order valence-corrected chi connectivity index (χ0v) is 9.12. The van der Waals surface area contributed by atoms with E-state index in [9.17, 15) is 14.4 Å². The standard InChI is InChI=1S/C9H11N3O6/c13-7(14)3-6(8(15)16)12-9(17)10-4-5-1-2-11-18-5/h1-2,6H,3-4H2,(H,13,14)(H,15,16)(H2,10,12,17)/t6-/m0/s1. The Morgan fingerprint density at radius 1 is 1.39 bits per heavy atom. The van der Waals surface area contributed by atoms with E-state index in [2.05, 4.69) is 10.5 Å². The van der Waals surface area contributed by atoms with Crippen LogP contribution < -0.4 is 10.6 Å². The zero-order chi connectivity index (χ0) is 13.5. The number of aromatic nitrogens is 1. The summed E-state index contributed by atoms with van der Waals surface area (Å²) in [4.78, 5) is 32.3. The fourth-order valence-electron chi connectivity index (χ4n) is 1.08. The number of urea groups is 1. The predicted octanol–water partition coefficient (Wildman–Crippen LogP) is -0.598. The Hall–Kier alpha value is -2.58. The number of nitrogens with zero attached hydrogens (tertiary/aromatic N) is 1. The minimum absolute atomic E-state index is 0.0191. The summed E-state index contributed by atoms with van der Waals surface area (Å²) in [5.74, 6) is -2.36. The maximum absolute atomic E-state index is 11.3. The first-order valence-electron chi connectivity index (χ1n) is 4.87. The van der Waals surface area contributed by atoms with Gasteiger partial charge in [0.1, 0.15) is 6.04 Å². The molecule has 1 aromatic rings. The van der Waals surface area contributed by atoms with Gasteiger partial charge in [-0.2, -0.15) is 0 Å². The highest BCUT2D eigenvalue weighted by Gasteiger charge is 2.22. The van der Waals surface area contributed by atoms with Crippen molar-refractivity contribution in [1.82, 2.24) is 15.8 Å². The SMILES string of the molecule is O=C(O)C[C@H](NC(=O)NCc1ccno1)C(=O)O. The summed E-state index contributed by atoms with van der Waals surface area (Å²) in [5, 5.41) is 24.9. The van der Waals surface area contributed by atoms with E-state index in [0.717, 1.165) is 0 Å². The molecule has 9 heteroatoms. The molecule has 0 spiro atoms. The van der Waals surface area contributed by atoms with Gasteiger partial charge < -0.3 is 25.4 Å². The van der Waals surface area contributed by atoms with Crippen molar-refractivity contribution in [3.05, 3.63) is 18.0 Å². The summed E-state index contributed by atoms with van der Waals surface area (Å²) in [7, 11) is 0. The van der Waals surface area contributed by atoms with Crippen LogP contribution in [0, 0.1) is 0 Å². The van der Waals surface area contributed by atoms with Crippen molar-refractivity contribution >= 4 is 18.0 Å². The summed E-state index contributed by atoms with van der Waals surface area (Å²) in [5.41, 5.74) is 0. The maximum Gasteiger partial charge on any atom is 0.326 e. The molecule has 0 aliphatic heterocycles. The minimum atomic E-state index is -1.49. The topological polar surface area (TPSA) is 142 Å². The van der Waals surface area contributed by atoms with Gasteiger partial charge in [0.05, 0.1) is 19.2 Å². The molecule has 9 nitrogen and oxygen atoms in total. The van der Waals surface area contributed by atoms with Crippen LogP contribution in [0.2, 0.25) is 0 Å². The Morgan fingerprint density at radius 2 is 2.11 bits per heavy atom. The molecule has 0 aromatic carbocycles. The fraction of sp³-hybridized carbons (Fsp3) is 0.333. The number of hydrogen-bond donors (Lipinski definition) is 4. The molecule has 0 saturated carbocycles. The van der Waals surface area contributed by atoms with Gasteiger partial charge in [-0.05, 0) is 0 Å². The second kappa shape index (κ2) is 6.23. The second-order valence-electron chi connectivity index (χ2n) is 3.29. The summed E-state index contributed by atoms with van der Waals surface area (Å²) >= 11 is 0. The summed E-state index contributed by atoms with van der Waals surface area (Å²) in [6.07, 6.45) is 0.685. The molecule has 4 N–H and O–H groups in total. The van der Waals surface area contributed by atoms with Crippen LogP contribution in [-0.2, 0) is 16.1 Å². The Balaban J connectivity index is 2.41. The smallest absolute Gasteiger partial charge is 0.326 e. The molecular weight excluding hydrogens is 246 g/mol. The monoisotopic (exact) mass is 257 g/mol. The van der Waals surface area contributed by atoms with Gasteiger partial charge >= 0.3 is 18.0 Å². The number of amides is 2. The summed E-state index contributed by atoms with van der Waals surface area (Å²) in [6, 6.07) is -0.774. The van der Waals surface area contributed by atoms with Crippen LogP contribution in [0.4, 0.5) is 4.79 Å². The van der Waals surface area contributed by atoms with E-state index >= 15 is 0 Å². The second-order valence-corrected chi connectivity index (χ2v) is 3.29. The van der Waals surface area contributed by atoms with E-state index < -0.39 is 30.4 Å². The first-order valence-corrected chi connectivity index (χ1v) is 4.87. The van der Waals surface area contributed by atoms with Crippen LogP contribution in [0.1, 0.15) is 12.2 Å². The molecule has 0 saturated heterocycles. The quantitative estimate of drug-likeness (QED) is 0.533. The summed E-state index contributed by atoms with van der Waals surface area (Å²) in [6.45, 7) is 0.0191. The van der Waals surface area contributed by atoms with Crippen molar-refractivity contribution in [3.8, 4) is 0 Å². The van der Waals surface area contributed by atoms with Gasteiger partial charge in [0.25, 0.3) is 0 Å². The van der Waals surface area contributed by atoms with Gasteiger partial charge in [-0.25, -0.2) is 9.59 Å². The molecule has 1 heterocycles. The van der Waals surface area contributed by atoms with Crippen LogP contribution >= 0.6 is 0 Å². The van der Waals surface area contributed by atoms with E-state index in [1.54, 1.807) is 0 Å². The van der Waals surface area contributed by atoms with Crippen LogP contribution in [0.25, 0.3) is 0 Å². The van der Waals surface area contributed by atoms with Crippen LogP contribution in [0.3, 0.4) is 0 Å². The lowest BCUT2D eigenvalue weighted by atomic mass is 10.2. The number of carbonyl (C=O) groups is 3. The molecular formula is C9H11N3O6. The Morgan fingerprint density at radius 3 is 2.61 bits per heavy atom. The third-order valence-electron chi connectivity index (χ3n) is 1.90. The van der Waals surface area contributed by atoms with Gasteiger partial charge in [0, 0.05) is 6.07 Å². The minimum Gasteiger partial charge on any atom is -0.481 e. The Labute approximate surface area is 101 Å². The van der Waals surface area contributed by atoms with Gasteiger partial charge in [-0.1, -0.05) is 5.16 Å². The summed E-state index contributed by atoms with van der Waals surface area (Å²) < 4.78 is 4.70. The van der Waals surface area contributed by atoms with Crippen molar-refractivity contribution in [2.24, 2.45) is 0 Å². The van der Waals surface area contributed by atoms with Crippen molar-refractivity contribution in [1.29, 1.82) is 0 Å². The number of nitrogens with one attached hydrogen (secondary N) is 2. The lowest BCUT2D eigenvalue weighted by Crippen LogP contribution is -2.46.